The minimum Gasteiger partial charge on any atom is -0.495 e. The van der Waals surface area contributed by atoms with Crippen molar-refractivity contribution in [1.29, 1.82) is 0 Å². The van der Waals surface area contributed by atoms with E-state index in [1.54, 1.807) is 47.4 Å². The van der Waals surface area contributed by atoms with Gasteiger partial charge in [0.1, 0.15) is 17.9 Å². The van der Waals surface area contributed by atoms with Gasteiger partial charge in [0.25, 0.3) is 0 Å². The van der Waals surface area contributed by atoms with Crippen molar-refractivity contribution in [2.24, 2.45) is 13.0 Å². The molecule has 1 aromatic carbocycles. The number of nitrogens with zero attached hydrogens (tertiary/aromatic N) is 7. The smallest absolute Gasteiger partial charge is 0.228 e. The predicted octanol–water partition coefficient (Wildman–Crippen LogP) is 1.73. The number of carbonyl (C=O) groups excluding carboxylic acids is 2. The number of amides is 2. The monoisotopic (exact) mass is 469 g/mol. The Morgan fingerprint density at radius 3 is 2.73 bits per heavy atom. The van der Waals surface area contributed by atoms with Crippen molar-refractivity contribution < 1.29 is 14.3 Å². The molecule has 4 heterocycles. The molecule has 0 aliphatic carbocycles. The minimum atomic E-state index is -0.392. The van der Waals surface area contributed by atoms with Crippen molar-refractivity contribution >= 4 is 46.0 Å². The summed E-state index contributed by atoms with van der Waals surface area (Å²) in [4.78, 5) is 40.3. The third-order valence-electron chi connectivity index (χ3n) is 6.31. The van der Waals surface area contributed by atoms with Crippen LogP contribution in [0.5, 0.6) is 5.75 Å². The highest BCUT2D eigenvalue weighted by molar-refractivity contribution is 6.31. The van der Waals surface area contributed by atoms with Gasteiger partial charge in [0.15, 0.2) is 5.65 Å². The van der Waals surface area contributed by atoms with E-state index in [-0.39, 0.29) is 18.2 Å². The Labute approximate surface area is 195 Å². The Hall–Kier alpha value is -3.40. The van der Waals surface area contributed by atoms with Crippen LogP contribution in [0.4, 0.5) is 11.5 Å². The van der Waals surface area contributed by atoms with E-state index < -0.39 is 5.92 Å². The number of fused-ring (bicyclic) bond motifs is 1. The van der Waals surface area contributed by atoms with Crippen molar-refractivity contribution in [1.82, 2.24) is 24.6 Å². The second kappa shape index (κ2) is 8.51. The van der Waals surface area contributed by atoms with Crippen LogP contribution in [0.15, 0.2) is 30.7 Å². The zero-order valence-electron chi connectivity index (χ0n) is 18.4. The van der Waals surface area contributed by atoms with Gasteiger partial charge >= 0.3 is 0 Å². The van der Waals surface area contributed by atoms with Crippen LogP contribution in [0, 0.1) is 5.92 Å². The first-order valence-electron chi connectivity index (χ1n) is 10.8. The fourth-order valence-electron chi connectivity index (χ4n) is 4.58. The molecule has 2 saturated heterocycles. The quantitative estimate of drug-likeness (QED) is 0.574. The molecule has 0 spiro atoms. The highest BCUT2D eigenvalue weighted by Crippen LogP contribution is 2.35. The first-order chi connectivity index (χ1) is 16.0. The van der Waals surface area contributed by atoms with Crippen molar-refractivity contribution in [2.75, 3.05) is 49.6 Å². The van der Waals surface area contributed by atoms with Crippen molar-refractivity contribution in [3.63, 3.8) is 0 Å². The molecule has 0 saturated carbocycles. The maximum atomic E-state index is 13.2. The van der Waals surface area contributed by atoms with Crippen LogP contribution in [0.2, 0.25) is 5.02 Å². The average Bonchev–Trinajstić information content (AvgIpc) is 3.41. The van der Waals surface area contributed by atoms with Gasteiger partial charge in [-0.05, 0) is 18.2 Å². The number of halogens is 1. The van der Waals surface area contributed by atoms with Crippen LogP contribution < -0.4 is 14.5 Å². The van der Waals surface area contributed by atoms with Gasteiger partial charge in [-0.1, -0.05) is 11.6 Å². The van der Waals surface area contributed by atoms with Crippen LogP contribution >= 0.6 is 11.6 Å². The molecule has 1 unspecified atom stereocenters. The molecular formula is C22H24ClN7O3. The molecule has 2 aliphatic rings. The van der Waals surface area contributed by atoms with Gasteiger partial charge in [-0.2, -0.15) is 5.10 Å². The first kappa shape index (κ1) is 21.4. The molecule has 5 rings (SSSR count). The Balaban J connectivity index is 1.26. The van der Waals surface area contributed by atoms with E-state index in [4.69, 9.17) is 16.3 Å². The van der Waals surface area contributed by atoms with Crippen LogP contribution in [0.1, 0.15) is 6.42 Å². The second-order valence-corrected chi connectivity index (χ2v) is 8.67. The lowest BCUT2D eigenvalue weighted by Gasteiger charge is -2.36. The third-order valence-corrected chi connectivity index (χ3v) is 6.54. The molecule has 1 atom stereocenters. The first-order valence-corrected chi connectivity index (χ1v) is 11.1. The van der Waals surface area contributed by atoms with E-state index >= 15 is 0 Å². The zero-order chi connectivity index (χ0) is 23.1. The van der Waals surface area contributed by atoms with Gasteiger partial charge in [-0.25, -0.2) is 9.97 Å². The van der Waals surface area contributed by atoms with Crippen molar-refractivity contribution in [3.8, 4) is 5.75 Å². The zero-order valence-corrected chi connectivity index (χ0v) is 19.2. The molecule has 10 nitrogen and oxygen atoms in total. The standard InChI is InChI=1S/C22H24ClN7O3/c1-27-20-16(11-26-27)21(25-13-24-20)28-5-7-29(8-6-28)22(32)14-9-19(31)30(12-14)17-10-15(23)3-4-18(17)33-2/h3-4,10-11,13-14H,5-9,12H2,1-2H3. The van der Waals surface area contributed by atoms with Crippen LogP contribution in [0.25, 0.3) is 11.0 Å². The Kier molecular flexibility index (Phi) is 5.53. The van der Waals surface area contributed by atoms with E-state index in [0.29, 0.717) is 49.2 Å². The van der Waals surface area contributed by atoms with Crippen molar-refractivity contribution in [2.45, 2.75) is 6.42 Å². The second-order valence-electron chi connectivity index (χ2n) is 8.24. The van der Waals surface area contributed by atoms with Gasteiger partial charge in [0, 0.05) is 51.2 Å². The summed E-state index contributed by atoms with van der Waals surface area (Å²) in [5.41, 5.74) is 1.37. The molecule has 172 valence electrons. The highest BCUT2D eigenvalue weighted by Gasteiger charge is 2.39. The fourth-order valence-corrected chi connectivity index (χ4v) is 4.74. The number of carbonyl (C=O) groups is 2. The SMILES string of the molecule is COc1ccc(Cl)cc1N1CC(C(=O)N2CCN(c3ncnc4c3cnn4C)CC2)CC1=O. The molecule has 2 fully saturated rings. The lowest BCUT2D eigenvalue weighted by Crippen LogP contribution is -2.51. The summed E-state index contributed by atoms with van der Waals surface area (Å²) >= 11 is 6.13. The van der Waals surface area contributed by atoms with Gasteiger partial charge in [-0.3, -0.25) is 14.3 Å². The summed E-state index contributed by atoms with van der Waals surface area (Å²) in [7, 11) is 3.40. The van der Waals surface area contributed by atoms with Crippen molar-refractivity contribution in [3.05, 3.63) is 35.7 Å². The predicted molar refractivity (Wildman–Crippen MR) is 124 cm³/mol. The van der Waals surface area contributed by atoms with Gasteiger partial charge in [0.2, 0.25) is 11.8 Å². The average molecular weight is 470 g/mol. The lowest BCUT2D eigenvalue weighted by atomic mass is 10.1. The fraction of sp³-hybridized carbons (Fsp3) is 0.409. The molecular weight excluding hydrogens is 446 g/mol. The summed E-state index contributed by atoms with van der Waals surface area (Å²) < 4.78 is 7.11. The maximum absolute atomic E-state index is 13.2. The summed E-state index contributed by atoms with van der Waals surface area (Å²) in [5, 5.41) is 5.68. The Morgan fingerprint density at radius 1 is 1.18 bits per heavy atom. The summed E-state index contributed by atoms with van der Waals surface area (Å²) in [6.45, 7) is 2.75. The maximum Gasteiger partial charge on any atom is 0.228 e. The molecule has 0 N–H and O–H groups in total. The number of anilines is 2. The van der Waals surface area contributed by atoms with E-state index in [1.165, 1.54) is 0 Å². The molecule has 2 aromatic heterocycles. The number of aryl methyl sites for hydroxylation is 1. The molecule has 33 heavy (non-hydrogen) atoms. The van der Waals surface area contributed by atoms with Gasteiger partial charge < -0.3 is 19.4 Å². The number of benzene rings is 1. The molecule has 0 bridgehead atoms. The van der Waals surface area contributed by atoms with E-state index in [0.717, 1.165) is 16.9 Å². The normalized spacial score (nSPS) is 18.9. The number of hydrogen-bond acceptors (Lipinski definition) is 7. The number of piperazine rings is 1. The minimum absolute atomic E-state index is 0.000655. The summed E-state index contributed by atoms with van der Waals surface area (Å²) in [5.74, 6) is 0.890. The molecule has 3 aromatic rings. The number of hydrogen-bond donors (Lipinski definition) is 0. The number of rotatable bonds is 4. The Morgan fingerprint density at radius 2 is 1.97 bits per heavy atom. The molecule has 11 heteroatoms. The van der Waals surface area contributed by atoms with Crippen LogP contribution in [-0.2, 0) is 16.6 Å². The Bertz CT molecular complexity index is 1220. The topological polar surface area (TPSA) is 96.7 Å². The van der Waals surface area contributed by atoms with Gasteiger partial charge in [0.05, 0.1) is 30.3 Å². The molecule has 0 radical (unpaired) electrons. The van der Waals surface area contributed by atoms with E-state index in [1.807, 2.05) is 11.9 Å². The van der Waals surface area contributed by atoms with E-state index in [2.05, 4.69) is 20.0 Å². The lowest BCUT2D eigenvalue weighted by molar-refractivity contribution is -0.136. The largest absolute Gasteiger partial charge is 0.495 e. The van der Waals surface area contributed by atoms with Gasteiger partial charge in [-0.15, -0.1) is 0 Å². The van der Waals surface area contributed by atoms with E-state index in [9.17, 15) is 9.59 Å². The highest BCUT2D eigenvalue weighted by atomic mass is 35.5. The summed E-state index contributed by atoms with van der Waals surface area (Å²) in [6, 6.07) is 5.14. The van der Waals surface area contributed by atoms with Crippen LogP contribution in [0.3, 0.4) is 0 Å². The number of ether oxygens (including phenoxy) is 1. The number of aromatic nitrogens is 4. The molecule has 2 aliphatic heterocycles. The molecule has 2 amide bonds. The third kappa shape index (κ3) is 3.84. The van der Waals surface area contributed by atoms with Crippen LogP contribution in [-0.4, -0.2) is 76.3 Å². The summed E-state index contributed by atoms with van der Waals surface area (Å²) in [6.07, 6.45) is 3.49. The number of methoxy groups -OCH3 is 1.